The fourth-order valence-electron chi connectivity index (χ4n) is 5.57. The van der Waals surface area contributed by atoms with Crippen LogP contribution < -0.4 is 9.47 Å². The van der Waals surface area contributed by atoms with E-state index in [0.29, 0.717) is 0 Å². The van der Waals surface area contributed by atoms with Gasteiger partial charge in [-0.05, 0) is 105 Å². The van der Waals surface area contributed by atoms with Crippen molar-refractivity contribution >= 4 is 45.1 Å². The number of allylic oxidation sites excluding steroid dienone is 6. The third-order valence-electron chi connectivity index (χ3n) is 7.46. The van der Waals surface area contributed by atoms with Gasteiger partial charge in [-0.25, -0.2) is 0 Å². The minimum Gasteiger partial charge on any atom is -0.335 e. The van der Waals surface area contributed by atoms with Crippen LogP contribution in [0.3, 0.4) is 0 Å². The molecule has 3 aromatic rings. The summed E-state index contributed by atoms with van der Waals surface area (Å²) in [5.41, 5.74) is 9.84. The fourth-order valence-corrected chi connectivity index (χ4v) is 7.97. The number of aromatic nitrogens is 1. The van der Waals surface area contributed by atoms with E-state index in [2.05, 4.69) is 119 Å². The summed E-state index contributed by atoms with van der Waals surface area (Å²) in [6.07, 6.45) is 14.0. The summed E-state index contributed by atoms with van der Waals surface area (Å²) in [6, 6.07) is 11.5. The highest BCUT2D eigenvalue weighted by atomic mass is 32.2. The van der Waals surface area contributed by atoms with Crippen LogP contribution in [0.25, 0.3) is 16.3 Å². The van der Waals surface area contributed by atoms with Crippen molar-refractivity contribution in [2.75, 3.05) is 11.4 Å². The second-order valence-electron chi connectivity index (χ2n) is 11.2. The Hall–Kier alpha value is -2.56. The lowest BCUT2D eigenvalue weighted by Crippen LogP contribution is -2.33. The van der Waals surface area contributed by atoms with Crippen molar-refractivity contribution in [3.8, 4) is 0 Å². The lowest BCUT2D eigenvalue weighted by atomic mass is 9.75. The molecule has 37 heavy (non-hydrogen) atoms. The zero-order chi connectivity index (χ0) is 26.3. The predicted molar refractivity (Wildman–Crippen MR) is 164 cm³/mol. The highest BCUT2D eigenvalue weighted by Crippen LogP contribution is 2.48. The lowest BCUT2D eigenvalue weighted by Gasteiger charge is -2.31. The Morgan fingerprint density at radius 3 is 2.57 bits per heavy atom. The van der Waals surface area contributed by atoms with Crippen LogP contribution in [0, 0.1) is 26.2 Å². The number of hydrogen-bond acceptors (Lipinski definition) is 3. The van der Waals surface area contributed by atoms with Gasteiger partial charge in [0.1, 0.15) is 11.2 Å². The van der Waals surface area contributed by atoms with Gasteiger partial charge in [0.2, 0.25) is 5.52 Å². The number of anilines is 1. The highest BCUT2D eigenvalue weighted by molar-refractivity contribution is 8.03. The van der Waals surface area contributed by atoms with Crippen molar-refractivity contribution in [3.05, 3.63) is 92.5 Å². The summed E-state index contributed by atoms with van der Waals surface area (Å²) < 4.78 is 3.81. The fraction of sp³-hybridized carbons (Fsp3) is 0.364. The Bertz CT molecular complexity index is 1480. The molecule has 192 valence electrons. The SMILES string of the molecule is CCN1C(=CC2=CC(=CC=Cc3sc4cc(C)c(C)cc4[n+]3CC)CC(C)(C)C2)Sc2ccc(C)cc21. The summed E-state index contributed by atoms with van der Waals surface area (Å²) in [5.74, 6) is 0. The van der Waals surface area contributed by atoms with Crippen molar-refractivity contribution in [3.63, 3.8) is 0 Å². The maximum Gasteiger partial charge on any atom is 0.262 e. The van der Waals surface area contributed by atoms with Crippen molar-refractivity contribution in [1.82, 2.24) is 0 Å². The van der Waals surface area contributed by atoms with E-state index in [1.54, 1.807) is 0 Å². The Morgan fingerprint density at radius 1 is 1.03 bits per heavy atom. The number of fused-ring (bicyclic) bond motifs is 2. The third-order valence-corrected chi connectivity index (χ3v) is 9.68. The molecule has 0 spiro atoms. The number of thioether (sulfide) groups is 1. The largest absolute Gasteiger partial charge is 0.335 e. The van der Waals surface area contributed by atoms with Gasteiger partial charge in [0.15, 0.2) is 0 Å². The van der Waals surface area contributed by atoms with Crippen LogP contribution in [0.1, 0.15) is 62.2 Å². The van der Waals surface area contributed by atoms with Crippen molar-refractivity contribution in [1.29, 1.82) is 0 Å². The van der Waals surface area contributed by atoms with Crippen LogP contribution >= 0.6 is 23.1 Å². The number of thiazole rings is 1. The molecule has 0 unspecified atom stereocenters. The second kappa shape index (κ2) is 10.3. The number of benzene rings is 2. The van der Waals surface area contributed by atoms with Gasteiger partial charge >= 0.3 is 0 Å². The Balaban J connectivity index is 1.44. The molecule has 0 saturated carbocycles. The second-order valence-corrected chi connectivity index (χ2v) is 13.4. The molecule has 0 atom stereocenters. The van der Waals surface area contributed by atoms with E-state index in [1.165, 1.54) is 58.7 Å². The van der Waals surface area contributed by atoms with Crippen LogP contribution in [-0.2, 0) is 6.54 Å². The summed E-state index contributed by atoms with van der Waals surface area (Å²) in [7, 11) is 0. The van der Waals surface area contributed by atoms with Gasteiger partial charge in [-0.3, -0.25) is 0 Å². The average molecular weight is 528 g/mol. The first-order valence-electron chi connectivity index (χ1n) is 13.5. The van der Waals surface area contributed by atoms with Gasteiger partial charge < -0.3 is 4.90 Å². The number of nitrogens with zero attached hydrogens (tertiary/aromatic N) is 2. The quantitative estimate of drug-likeness (QED) is 0.305. The third kappa shape index (κ3) is 5.37. The smallest absolute Gasteiger partial charge is 0.262 e. The lowest BCUT2D eigenvalue weighted by molar-refractivity contribution is -0.665. The molecule has 2 aliphatic rings. The standard InChI is InChI=1S/C33H39N2S2/c1-8-34-28-16-23(4)24(5)17-30(28)37-31(34)12-10-11-25-18-26(21-33(6,7)20-25)19-32-35(9-2)27-15-22(3)13-14-29(27)36-32/h10-19H,8-9,20-21H2,1-7H3/q+1. The van der Waals surface area contributed by atoms with Gasteiger partial charge in [0.25, 0.3) is 5.01 Å². The summed E-state index contributed by atoms with van der Waals surface area (Å²) in [5, 5.41) is 2.66. The van der Waals surface area contributed by atoms with E-state index in [4.69, 9.17) is 0 Å². The molecule has 0 radical (unpaired) electrons. The molecule has 0 fully saturated rings. The molecule has 0 bridgehead atoms. The topological polar surface area (TPSA) is 7.12 Å². The van der Waals surface area contributed by atoms with Gasteiger partial charge in [-0.2, -0.15) is 4.57 Å². The molecule has 1 aliphatic carbocycles. The molecule has 2 heterocycles. The van der Waals surface area contributed by atoms with Gasteiger partial charge in [-0.1, -0.05) is 61.2 Å². The molecule has 0 saturated heterocycles. The molecular weight excluding hydrogens is 489 g/mol. The Labute approximate surface area is 231 Å². The molecule has 2 nitrogen and oxygen atoms in total. The van der Waals surface area contributed by atoms with E-state index >= 15 is 0 Å². The Kier molecular flexibility index (Phi) is 7.26. The summed E-state index contributed by atoms with van der Waals surface area (Å²) >= 11 is 3.80. The van der Waals surface area contributed by atoms with Crippen LogP contribution in [0.2, 0.25) is 0 Å². The van der Waals surface area contributed by atoms with E-state index < -0.39 is 0 Å². The number of rotatable bonds is 5. The van der Waals surface area contributed by atoms with Crippen molar-refractivity contribution < 1.29 is 4.57 Å². The molecular formula is C33H39N2S2+. The van der Waals surface area contributed by atoms with Crippen LogP contribution in [0.15, 0.2) is 75.7 Å². The Morgan fingerprint density at radius 2 is 1.81 bits per heavy atom. The van der Waals surface area contributed by atoms with Gasteiger partial charge in [-0.15, -0.1) is 0 Å². The first-order valence-corrected chi connectivity index (χ1v) is 15.1. The minimum absolute atomic E-state index is 0.251. The first kappa shape index (κ1) is 26.1. The van der Waals surface area contributed by atoms with E-state index in [1.807, 2.05) is 23.1 Å². The van der Waals surface area contributed by atoms with E-state index in [0.717, 1.165) is 25.9 Å². The molecule has 0 amide bonds. The predicted octanol–water partition coefficient (Wildman–Crippen LogP) is 9.29. The van der Waals surface area contributed by atoms with Crippen molar-refractivity contribution in [2.45, 2.75) is 72.7 Å². The minimum atomic E-state index is 0.251. The van der Waals surface area contributed by atoms with Crippen LogP contribution in [0.4, 0.5) is 5.69 Å². The normalized spacial score (nSPS) is 19.4. The van der Waals surface area contributed by atoms with Gasteiger partial charge in [0, 0.05) is 23.6 Å². The highest BCUT2D eigenvalue weighted by Gasteiger charge is 2.28. The maximum absolute atomic E-state index is 2.47. The molecule has 1 aromatic heterocycles. The molecule has 4 heteroatoms. The van der Waals surface area contributed by atoms with Crippen molar-refractivity contribution in [2.24, 2.45) is 5.41 Å². The summed E-state index contributed by atoms with van der Waals surface area (Å²) in [4.78, 5) is 3.83. The van der Waals surface area contributed by atoms with Crippen LogP contribution in [-0.4, -0.2) is 6.54 Å². The number of hydrogen-bond donors (Lipinski definition) is 0. The average Bonchev–Trinajstić information content (AvgIpc) is 3.34. The van der Waals surface area contributed by atoms with Crippen LogP contribution in [0.5, 0.6) is 0 Å². The van der Waals surface area contributed by atoms with E-state index in [9.17, 15) is 0 Å². The molecule has 5 rings (SSSR count). The molecule has 1 aliphatic heterocycles. The van der Waals surface area contributed by atoms with E-state index in [-0.39, 0.29) is 5.41 Å². The summed E-state index contributed by atoms with van der Waals surface area (Å²) in [6.45, 7) is 17.9. The van der Waals surface area contributed by atoms with Gasteiger partial charge in [0.05, 0.1) is 10.7 Å². The number of aryl methyl sites for hydroxylation is 4. The maximum atomic E-state index is 2.47. The zero-order valence-electron chi connectivity index (χ0n) is 23.3. The molecule has 2 aromatic carbocycles. The first-order chi connectivity index (χ1) is 17.7. The zero-order valence-corrected chi connectivity index (χ0v) is 24.9. The molecule has 0 N–H and O–H groups in total. The monoisotopic (exact) mass is 527 g/mol.